The molecule has 0 spiro atoms. The number of rotatable bonds is 3. The lowest BCUT2D eigenvalue weighted by molar-refractivity contribution is 0.135. The number of hydrogen-bond acceptors (Lipinski definition) is 3. The van der Waals surface area contributed by atoms with Gasteiger partial charge in [-0.3, -0.25) is 0 Å². The van der Waals surface area contributed by atoms with Crippen LogP contribution in [0.15, 0.2) is 35.2 Å². The van der Waals surface area contributed by atoms with E-state index in [0.717, 1.165) is 12.8 Å². The van der Waals surface area contributed by atoms with Gasteiger partial charge in [0.05, 0.1) is 4.90 Å². The Bertz CT molecular complexity index is 517. The van der Waals surface area contributed by atoms with E-state index in [0.29, 0.717) is 23.9 Å². The van der Waals surface area contributed by atoms with E-state index in [1.165, 1.54) is 4.31 Å². The summed E-state index contributed by atoms with van der Waals surface area (Å²) in [5.41, 5.74) is 5.91. The SMILES string of the molecule is NC1(C2CC2)CN(S(=O)(=O)c2ccccc2)C1. The molecule has 0 aromatic heterocycles. The highest BCUT2D eigenvalue weighted by Crippen LogP contribution is 2.44. The van der Waals surface area contributed by atoms with Crippen LogP contribution < -0.4 is 5.73 Å². The Labute approximate surface area is 101 Å². The average Bonchev–Trinajstić information content (AvgIpc) is 3.10. The van der Waals surface area contributed by atoms with Crippen molar-refractivity contribution in [3.8, 4) is 0 Å². The minimum atomic E-state index is -3.33. The van der Waals surface area contributed by atoms with Gasteiger partial charge in [-0.05, 0) is 30.9 Å². The highest BCUT2D eigenvalue weighted by molar-refractivity contribution is 7.89. The second-order valence-corrected chi connectivity index (χ2v) is 7.03. The largest absolute Gasteiger partial charge is 0.323 e. The molecule has 17 heavy (non-hydrogen) atoms. The Balaban J connectivity index is 1.78. The molecule has 92 valence electrons. The standard InChI is InChI=1S/C12H16N2O2S/c13-12(10-6-7-10)8-14(9-12)17(15,16)11-4-2-1-3-5-11/h1-5,10H,6-9,13H2. The summed E-state index contributed by atoms with van der Waals surface area (Å²) in [6.07, 6.45) is 2.30. The first-order chi connectivity index (χ1) is 8.02. The van der Waals surface area contributed by atoms with E-state index in [1.54, 1.807) is 24.3 Å². The summed E-state index contributed by atoms with van der Waals surface area (Å²) in [6.45, 7) is 0.934. The predicted molar refractivity (Wildman–Crippen MR) is 64.8 cm³/mol. The molecule has 1 aliphatic carbocycles. The molecule has 1 saturated heterocycles. The van der Waals surface area contributed by atoms with Crippen LogP contribution >= 0.6 is 0 Å². The van der Waals surface area contributed by atoms with Gasteiger partial charge in [0.25, 0.3) is 0 Å². The molecule has 0 radical (unpaired) electrons. The molecule has 0 atom stereocenters. The third-order valence-electron chi connectivity index (χ3n) is 3.71. The normalized spacial score (nSPS) is 24.3. The molecule has 4 nitrogen and oxygen atoms in total. The van der Waals surface area contributed by atoms with Crippen molar-refractivity contribution in [2.45, 2.75) is 23.3 Å². The lowest BCUT2D eigenvalue weighted by Crippen LogP contribution is -2.69. The number of benzene rings is 1. The Hall–Kier alpha value is -0.910. The number of nitrogens with zero attached hydrogens (tertiary/aromatic N) is 1. The van der Waals surface area contributed by atoms with E-state index in [2.05, 4.69) is 0 Å². The molecular formula is C12H16N2O2S. The van der Waals surface area contributed by atoms with Crippen molar-refractivity contribution in [2.75, 3.05) is 13.1 Å². The Morgan fingerprint density at radius 1 is 1.18 bits per heavy atom. The molecule has 1 heterocycles. The van der Waals surface area contributed by atoms with Crippen LogP contribution in [0, 0.1) is 5.92 Å². The van der Waals surface area contributed by atoms with E-state index in [1.807, 2.05) is 6.07 Å². The van der Waals surface area contributed by atoms with Gasteiger partial charge in [0.2, 0.25) is 10.0 Å². The van der Waals surface area contributed by atoms with Crippen molar-refractivity contribution >= 4 is 10.0 Å². The van der Waals surface area contributed by atoms with Crippen molar-refractivity contribution < 1.29 is 8.42 Å². The van der Waals surface area contributed by atoms with Crippen LogP contribution in [-0.4, -0.2) is 31.4 Å². The first kappa shape index (κ1) is 11.2. The van der Waals surface area contributed by atoms with Crippen molar-refractivity contribution in [3.63, 3.8) is 0 Å². The molecule has 1 aliphatic heterocycles. The summed E-state index contributed by atoms with van der Waals surface area (Å²) in [6, 6.07) is 8.55. The van der Waals surface area contributed by atoms with Crippen LogP contribution in [0.25, 0.3) is 0 Å². The van der Waals surface area contributed by atoms with Gasteiger partial charge in [-0.15, -0.1) is 0 Å². The maximum atomic E-state index is 12.2. The lowest BCUT2D eigenvalue weighted by Gasteiger charge is -2.47. The number of hydrogen-bond donors (Lipinski definition) is 1. The quantitative estimate of drug-likeness (QED) is 0.865. The molecule has 5 heteroatoms. The second-order valence-electron chi connectivity index (χ2n) is 5.09. The van der Waals surface area contributed by atoms with Crippen molar-refractivity contribution in [1.82, 2.24) is 4.31 Å². The molecule has 2 fully saturated rings. The third kappa shape index (κ3) is 1.78. The average molecular weight is 252 g/mol. The van der Waals surface area contributed by atoms with Crippen LogP contribution in [0.2, 0.25) is 0 Å². The van der Waals surface area contributed by atoms with Crippen molar-refractivity contribution in [1.29, 1.82) is 0 Å². The predicted octanol–water partition coefficient (Wildman–Crippen LogP) is 0.798. The fourth-order valence-electron chi connectivity index (χ4n) is 2.44. The van der Waals surface area contributed by atoms with E-state index in [9.17, 15) is 8.42 Å². The summed E-state index contributed by atoms with van der Waals surface area (Å²) in [5, 5.41) is 0. The third-order valence-corrected chi connectivity index (χ3v) is 5.52. The van der Waals surface area contributed by atoms with E-state index in [-0.39, 0.29) is 5.54 Å². The fraction of sp³-hybridized carbons (Fsp3) is 0.500. The van der Waals surface area contributed by atoms with Gasteiger partial charge in [0.15, 0.2) is 0 Å². The molecule has 1 aromatic carbocycles. The first-order valence-corrected chi connectivity index (χ1v) is 7.30. The van der Waals surface area contributed by atoms with Gasteiger partial charge < -0.3 is 5.73 Å². The van der Waals surface area contributed by atoms with Gasteiger partial charge >= 0.3 is 0 Å². The molecule has 2 N–H and O–H groups in total. The highest BCUT2D eigenvalue weighted by atomic mass is 32.2. The molecular weight excluding hydrogens is 236 g/mol. The van der Waals surface area contributed by atoms with Gasteiger partial charge in [0.1, 0.15) is 0 Å². The molecule has 3 rings (SSSR count). The van der Waals surface area contributed by atoms with E-state index >= 15 is 0 Å². The zero-order chi connectivity index (χ0) is 12.1. The second kappa shape index (κ2) is 3.54. The molecule has 1 saturated carbocycles. The van der Waals surface area contributed by atoms with E-state index in [4.69, 9.17) is 5.73 Å². The maximum absolute atomic E-state index is 12.2. The van der Waals surface area contributed by atoms with Crippen molar-refractivity contribution in [3.05, 3.63) is 30.3 Å². The van der Waals surface area contributed by atoms with Crippen molar-refractivity contribution in [2.24, 2.45) is 11.7 Å². The van der Waals surface area contributed by atoms with Crippen LogP contribution in [0.1, 0.15) is 12.8 Å². The van der Waals surface area contributed by atoms with Gasteiger partial charge in [-0.25, -0.2) is 8.42 Å². The smallest absolute Gasteiger partial charge is 0.243 e. The minimum Gasteiger partial charge on any atom is -0.323 e. The Morgan fingerprint density at radius 2 is 1.76 bits per heavy atom. The number of sulfonamides is 1. The summed E-state index contributed by atoms with van der Waals surface area (Å²) in [5.74, 6) is 0.532. The highest BCUT2D eigenvalue weighted by Gasteiger charge is 2.53. The first-order valence-electron chi connectivity index (χ1n) is 5.86. The van der Waals surface area contributed by atoms with Crippen LogP contribution in [0.3, 0.4) is 0 Å². The molecule has 0 bridgehead atoms. The van der Waals surface area contributed by atoms with Gasteiger partial charge in [-0.1, -0.05) is 18.2 Å². The zero-order valence-corrected chi connectivity index (χ0v) is 10.4. The lowest BCUT2D eigenvalue weighted by atomic mass is 9.88. The fourth-order valence-corrected chi connectivity index (χ4v) is 4.06. The monoisotopic (exact) mass is 252 g/mol. The topological polar surface area (TPSA) is 63.4 Å². The van der Waals surface area contributed by atoms with Gasteiger partial charge in [0, 0.05) is 18.6 Å². The summed E-state index contributed by atoms with van der Waals surface area (Å²) < 4.78 is 25.9. The van der Waals surface area contributed by atoms with E-state index < -0.39 is 10.0 Å². The maximum Gasteiger partial charge on any atom is 0.243 e. The minimum absolute atomic E-state index is 0.262. The van der Waals surface area contributed by atoms with Gasteiger partial charge in [-0.2, -0.15) is 4.31 Å². The molecule has 1 aromatic rings. The summed E-state index contributed by atoms with van der Waals surface area (Å²) >= 11 is 0. The van der Waals surface area contributed by atoms with Crippen LogP contribution in [0.4, 0.5) is 0 Å². The zero-order valence-electron chi connectivity index (χ0n) is 9.54. The molecule has 2 aliphatic rings. The Morgan fingerprint density at radius 3 is 2.29 bits per heavy atom. The molecule has 0 unspecified atom stereocenters. The molecule has 0 amide bonds. The summed E-state index contributed by atoms with van der Waals surface area (Å²) in [4.78, 5) is 0.359. The Kier molecular flexibility index (Phi) is 2.33. The van der Waals surface area contributed by atoms with Crippen LogP contribution in [0.5, 0.6) is 0 Å². The van der Waals surface area contributed by atoms with Crippen LogP contribution in [-0.2, 0) is 10.0 Å². The number of nitrogens with two attached hydrogens (primary N) is 1. The summed E-state index contributed by atoms with van der Waals surface area (Å²) in [7, 11) is -3.33.